The van der Waals surface area contributed by atoms with Crippen LogP contribution in [0.15, 0.2) is 90.6 Å². The van der Waals surface area contributed by atoms with Gasteiger partial charge in [0, 0.05) is 18.9 Å². The van der Waals surface area contributed by atoms with Crippen molar-refractivity contribution in [3.8, 4) is 11.6 Å². The lowest BCUT2D eigenvalue weighted by molar-refractivity contribution is -0.130. The number of aromatic nitrogens is 3. The minimum atomic E-state index is -0.343. The zero-order valence-corrected chi connectivity index (χ0v) is 18.9. The predicted molar refractivity (Wildman–Crippen MR) is 125 cm³/mol. The second kappa shape index (κ2) is 8.38. The van der Waals surface area contributed by atoms with Gasteiger partial charge in [-0.2, -0.15) is 5.10 Å². The van der Waals surface area contributed by atoms with Crippen molar-refractivity contribution in [2.75, 3.05) is 5.75 Å². The monoisotopic (exact) mass is 473 g/mol. The van der Waals surface area contributed by atoms with E-state index in [1.807, 2.05) is 55.6 Å². The summed E-state index contributed by atoms with van der Waals surface area (Å²) in [4.78, 5) is 13.3. The van der Waals surface area contributed by atoms with Gasteiger partial charge < -0.3 is 17.8 Å². The maximum atomic E-state index is 13.3. The number of para-hydroxylation sites is 1. The zero-order valence-electron chi connectivity index (χ0n) is 18.1. The number of hydrogen-bond acceptors (Lipinski definition) is 8. The molecule has 1 atom stereocenters. The molecule has 0 bridgehead atoms. The van der Waals surface area contributed by atoms with E-state index in [2.05, 4.69) is 15.3 Å². The number of hydrogen-bond donors (Lipinski definition) is 0. The number of furan rings is 3. The van der Waals surface area contributed by atoms with Crippen molar-refractivity contribution in [1.29, 1.82) is 0 Å². The van der Waals surface area contributed by atoms with E-state index in [0.717, 1.165) is 11.0 Å². The Morgan fingerprint density at radius 2 is 1.91 bits per heavy atom. The summed E-state index contributed by atoms with van der Waals surface area (Å²) in [7, 11) is 1.84. The third kappa shape index (κ3) is 3.61. The molecule has 0 fully saturated rings. The molecule has 1 amide bonds. The first-order valence-corrected chi connectivity index (χ1v) is 11.6. The van der Waals surface area contributed by atoms with Gasteiger partial charge in [0.1, 0.15) is 23.1 Å². The van der Waals surface area contributed by atoms with Crippen LogP contribution in [0.3, 0.4) is 0 Å². The van der Waals surface area contributed by atoms with Gasteiger partial charge in [-0.15, -0.1) is 10.2 Å². The van der Waals surface area contributed by atoms with Crippen molar-refractivity contribution in [2.45, 2.75) is 17.6 Å². The molecule has 6 rings (SSSR count). The van der Waals surface area contributed by atoms with E-state index in [1.54, 1.807) is 23.2 Å². The van der Waals surface area contributed by atoms with E-state index in [0.29, 0.717) is 40.4 Å². The van der Waals surface area contributed by atoms with Gasteiger partial charge in [-0.25, -0.2) is 5.01 Å². The quantitative estimate of drug-likeness (QED) is 0.324. The molecule has 0 radical (unpaired) electrons. The van der Waals surface area contributed by atoms with Crippen molar-refractivity contribution in [3.05, 3.63) is 78.6 Å². The van der Waals surface area contributed by atoms with Crippen LogP contribution >= 0.6 is 11.8 Å². The number of rotatable bonds is 6. The second-order valence-electron chi connectivity index (χ2n) is 7.80. The molecule has 1 aliphatic rings. The van der Waals surface area contributed by atoms with Crippen LogP contribution < -0.4 is 0 Å². The van der Waals surface area contributed by atoms with E-state index in [-0.39, 0.29) is 17.7 Å². The Balaban J connectivity index is 1.24. The first kappa shape index (κ1) is 20.5. The van der Waals surface area contributed by atoms with Crippen LogP contribution in [-0.4, -0.2) is 37.1 Å². The van der Waals surface area contributed by atoms with Gasteiger partial charge in [0.2, 0.25) is 0 Å². The molecule has 1 aliphatic heterocycles. The molecule has 5 aromatic rings. The number of amides is 1. The minimum Gasteiger partial charge on any atom is -0.467 e. The molecule has 0 saturated heterocycles. The van der Waals surface area contributed by atoms with Gasteiger partial charge in [0.05, 0.1) is 18.3 Å². The first-order chi connectivity index (χ1) is 16.7. The molecule has 10 heteroatoms. The number of carbonyl (C=O) groups excluding carboxylic acids is 1. The summed E-state index contributed by atoms with van der Waals surface area (Å²) >= 11 is 1.29. The lowest BCUT2D eigenvalue weighted by Crippen LogP contribution is -2.28. The summed E-state index contributed by atoms with van der Waals surface area (Å²) < 4.78 is 18.8. The Bertz CT molecular complexity index is 1450. The molecule has 1 unspecified atom stereocenters. The summed E-state index contributed by atoms with van der Waals surface area (Å²) in [6, 6.07) is 16.7. The highest BCUT2D eigenvalue weighted by atomic mass is 32.2. The molecule has 0 saturated carbocycles. The van der Waals surface area contributed by atoms with Crippen LogP contribution in [-0.2, 0) is 11.8 Å². The lowest BCUT2D eigenvalue weighted by atomic mass is 10.1. The average molecular weight is 474 g/mol. The Hall–Kier alpha value is -4.05. The molecule has 5 heterocycles. The third-order valence-corrected chi connectivity index (χ3v) is 6.65. The van der Waals surface area contributed by atoms with E-state index in [9.17, 15) is 4.79 Å². The van der Waals surface area contributed by atoms with Crippen molar-refractivity contribution in [1.82, 2.24) is 19.8 Å². The average Bonchev–Trinajstić information content (AvgIpc) is 3.65. The summed E-state index contributed by atoms with van der Waals surface area (Å²) in [5.41, 5.74) is 1.49. The molecule has 0 spiro atoms. The molecule has 0 N–H and O–H groups in total. The minimum absolute atomic E-state index is 0.137. The SMILES string of the molecule is Cn1c(SCC(=O)N2N=C(c3cc4ccccc4o3)CC2c2ccco2)nnc1-c1ccco1. The number of carbonyl (C=O) groups is 1. The predicted octanol–water partition coefficient (Wildman–Crippen LogP) is 4.88. The number of hydrazone groups is 1. The summed E-state index contributed by atoms with van der Waals surface area (Å²) in [6.45, 7) is 0. The van der Waals surface area contributed by atoms with Gasteiger partial charge >= 0.3 is 0 Å². The molecule has 34 heavy (non-hydrogen) atoms. The van der Waals surface area contributed by atoms with Gasteiger partial charge in [-0.05, 0) is 36.4 Å². The number of thioether (sulfide) groups is 1. The Labute approximate surface area is 198 Å². The van der Waals surface area contributed by atoms with Crippen LogP contribution in [0.5, 0.6) is 0 Å². The summed E-state index contributed by atoms with van der Waals surface area (Å²) in [6.07, 6.45) is 3.68. The maximum absolute atomic E-state index is 13.3. The summed E-state index contributed by atoms with van der Waals surface area (Å²) in [5.74, 6) is 2.51. The topological polar surface area (TPSA) is 103 Å². The Morgan fingerprint density at radius 1 is 1.06 bits per heavy atom. The van der Waals surface area contributed by atoms with Gasteiger partial charge in [-0.3, -0.25) is 4.79 Å². The highest BCUT2D eigenvalue weighted by molar-refractivity contribution is 7.99. The van der Waals surface area contributed by atoms with Gasteiger partial charge in [0.25, 0.3) is 5.91 Å². The number of benzene rings is 1. The van der Waals surface area contributed by atoms with E-state index in [4.69, 9.17) is 13.3 Å². The van der Waals surface area contributed by atoms with Crippen molar-refractivity contribution >= 4 is 34.3 Å². The second-order valence-corrected chi connectivity index (χ2v) is 8.74. The van der Waals surface area contributed by atoms with Crippen molar-refractivity contribution in [2.24, 2.45) is 12.1 Å². The Morgan fingerprint density at radius 3 is 2.71 bits per heavy atom. The van der Waals surface area contributed by atoms with Crippen LogP contribution in [0.1, 0.15) is 24.0 Å². The fraction of sp³-hybridized carbons (Fsp3) is 0.167. The molecule has 1 aromatic carbocycles. The van der Waals surface area contributed by atoms with Crippen molar-refractivity contribution in [3.63, 3.8) is 0 Å². The number of fused-ring (bicyclic) bond motifs is 1. The molecule has 4 aromatic heterocycles. The zero-order chi connectivity index (χ0) is 23.1. The van der Waals surface area contributed by atoms with E-state index in [1.165, 1.54) is 16.8 Å². The maximum Gasteiger partial charge on any atom is 0.253 e. The standard InChI is InChI=1S/C24H19N5O4S/c1-28-23(20-9-5-11-32-20)25-26-24(28)34-14-22(30)29-17(19-8-4-10-31-19)13-16(27-29)21-12-15-6-2-3-7-18(15)33-21/h2-12,17H,13-14H2,1H3. The Kier molecular flexibility index (Phi) is 5.06. The van der Waals surface area contributed by atoms with Gasteiger partial charge in [-0.1, -0.05) is 30.0 Å². The van der Waals surface area contributed by atoms with Crippen LogP contribution in [0.4, 0.5) is 0 Å². The van der Waals surface area contributed by atoms with Gasteiger partial charge in [0.15, 0.2) is 22.5 Å². The lowest BCUT2D eigenvalue weighted by Gasteiger charge is -2.19. The molecule has 9 nitrogen and oxygen atoms in total. The normalized spacial score (nSPS) is 15.9. The highest BCUT2D eigenvalue weighted by Gasteiger charge is 2.36. The summed E-state index contributed by atoms with van der Waals surface area (Å²) in [5, 5.41) is 16.1. The van der Waals surface area contributed by atoms with Crippen LogP contribution in [0.2, 0.25) is 0 Å². The van der Waals surface area contributed by atoms with E-state index < -0.39 is 0 Å². The number of nitrogens with zero attached hydrogens (tertiary/aromatic N) is 5. The molecule has 0 aliphatic carbocycles. The highest BCUT2D eigenvalue weighted by Crippen LogP contribution is 2.35. The molecular weight excluding hydrogens is 454 g/mol. The fourth-order valence-corrected chi connectivity index (χ4v) is 4.73. The largest absolute Gasteiger partial charge is 0.467 e. The van der Waals surface area contributed by atoms with Crippen LogP contribution in [0.25, 0.3) is 22.6 Å². The smallest absolute Gasteiger partial charge is 0.253 e. The van der Waals surface area contributed by atoms with Crippen LogP contribution in [0, 0.1) is 0 Å². The van der Waals surface area contributed by atoms with Crippen molar-refractivity contribution < 1.29 is 18.0 Å². The third-order valence-electron chi connectivity index (χ3n) is 5.65. The van der Waals surface area contributed by atoms with E-state index >= 15 is 0 Å². The molecule has 170 valence electrons. The molecular formula is C24H19N5O4S. The fourth-order valence-electron chi connectivity index (χ4n) is 3.97. The first-order valence-electron chi connectivity index (χ1n) is 10.7.